The quantitative estimate of drug-likeness (QED) is 0.909. The van der Waals surface area contributed by atoms with Gasteiger partial charge in [-0.1, -0.05) is 19.9 Å². The fourth-order valence-corrected chi connectivity index (χ4v) is 4.06. The van der Waals surface area contributed by atoms with E-state index in [1.807, 2.05) is 17.5 Å². The van der Waals surface area contributed by atoms with Crippen LogP contribution >= 0.6 is 11.3 Å². The highest BCUT2D eigenvalue weighted by Gasteiger charge is 2.30. The van der Waals surface area contributed by atoms with Gasteiger partial charge in [-0.2, -0.15) is 0 Å². The number of furan rings is 1. The summed E-state index contributed by atoms with van der Waals surface area (Å²) in [6.45, 7) is 5.96. The van der Waals surface area contributed by atoms with E-state index in [9.17, 15) is 9.59 Å². The van der Waals surface area contributed by atoms with Crippen molar-refractivity contribution in [1.29, 1.82) is 0 Å². The van der Waals surface area contributed by atoms with E-state index in [0.717, 1.165) is 17.7 Å². The highest BCUT2D eigenvalue weighted by atomic mass is 32.1. The van der Waals surface area contributed by atoms with Crippen LogP contribution < -0.4 is 5.32 Å². The van der Waals surface area contributed by atoms with Gasteiger partial charge in [0.25, 0.3) is 5.91 Å². The van der Waals surface area contributed by atoms with E-state index in [1.54, 1.807) is 18.3 Å². The number of ketones is 1. The van der Waals surface area contributed by atoms with Crippen LogP contribution in [0.15, 0.2) is 21.9 Å². The zero-order chi connectivity index (χ0) is 16.6. The Morgan fingerprint density at radius 2 is 2.13 bits per heavy atom. The van der Waals surface area contributed by atoms with E-state index in [4.69, 9.17) is 4.42 Å². The Balaban J connectivity index is 1.87. The molecule has 0 bridgehead atoms. The summed E-state index contributed by atoms with van der Waals surface area (Å²) in [5.74, 6) is 1.07. The summed E-state index contributed by atoms with van der Waals surface area (Å²) < 4.78 is 5.74. The van der Waals surface area contributed by atoms with Crippen LogP contribution in [0.1, 0.15) is 69.8 Å². The predicted molar refractivity (Wildman–Crippen MR) is 90.1 cm³/mol. The number of amides is 1. The second-order valence-electron chi connectivity index (χ2n) is 6.34. The zero-order valence-electron chi connectivity index (χ0n) is 13.6. The third-order valence-corrected chi connectivity index (χ3v) is 5.27. The van der Waals surface area contributed by atoms with E-state index in [0.29, 0.717) is 23.3 Å². The third kappa shape index (κ3) is 2.98. The lowest BCUT2D eigenvalue weighted by Gasteiger charge is -2.20. The van der Waals surface area contributed by atoms with Gasteiger partial charge >= 0.3 is 0 Å². The second-order valence-corrected chi connectivity index (χ2v) is 7.32. The topological polar surface area (TPSA) is 59.3 Å². The van der Waals surface area contributed by atoms with E-state index in [1.165, 1.54) is 0 Å². The monoisotopic (exact) mass is 331 g/mol. The van der Waals surface area contributed by atoms with Crippen LogP contribution in [-0.2, 0) is 6.42 Å². The number of carbonyl (C=O) groups excluding carboxylic acids is 2. The van der Waals surface area contributed by atoms with Crippen molar-refractivity contribution in [3.8, 4) is 0 Å². The molecule has 0 aliphatic heterocycles. The Morgan fingerprint density at radius 1 is 1.35 bits per heavy atom. The Kier molecular flexibility index (Phi) is 4.39. The minimum Gasteiger partial charge on any atom is -0.455 e. The molecule has 1 aliphatic rings. The molecule has 2 aromatic rings. The van der Waals surface area contributed by atoms with Gasteiger partial charge in [-0.25, -0.2) is 0 Å². The van der Waals surface area contributed by atoms with Crippen molar-refractivity contribution < 1.29 is 14.0 Å². The average molecular weight is 331 g/mol. The van der Waals surface area contributed by atoms with Gasteiger partial charge in [-0.15, -0.1) is 11.3 Å². The van der Waals surface area contributed by atoms with Crippen molar-refractivity contribution >= 4 is 23.0 Å². The highest BCUT2D eigenvalue weighted by Crippen LogP contribution is 2.31. The lowest BCUT2D eigenvalue weighted by molar-refractivity contribution is 0.0893. The molecule has 0 aromatic carbocycles. The molecule has 122 valence electrons. The predicted octanol–water partition coefficient (Wildman–Crippen LogP) is 4.30. The van der Waals surface area contributed by atoms with Gasteiger partial charge in [0.15, 0.2) is 11.5 Å². The maximum atomic E-state index is 12.7. The summed E-state index contributed by atoms with van der Waals surface area (Å²) in [5.41, 5.74) is 1.30. The molecule has 0 radical (unpaired) electrons. The molecule has 0 unspecified atom stereocenters. The van der Waals surface area contributed by atoms with Gasteiger partial charge in [0.2, 0.25) is 0 Å². The first kappa shape index (κ1) is 16.0. The summed E-state index contributed by atoms with van der Waals surface area (Å²) in [4.78, 5) is 25.9. The normalized spacial score (nSPS) is 15.6. The summed E-state index contributed by atoms with van der Waals surface area (Å²) in [6.07, 6.45) is 2.07. The molecule has 1 amide bonds. The van der Waals surface area contributed by atoms with Crippen molar-refractivity contribution in [2.75, 3.05) is 0 Å². The lowest BCUT2D eigenvalue weighted by atomic mass is 9.94. The molecule has 2 heterocycles. The molecule has 1 atom stereocenters. The highest BCUT2D eigenvalue weighted by molar-refractivity contribution is 7.10. The number of carbonyl (C=O) groups is 2. The Hall–Kier alpha value is -1.88. The van der Waals surface area contributed by atoms with Crippen LogP contribution in [0.3, 0.4) is 0 Å². The number of hydrogen-bond acceptors (Lipinski definition) is 4. The molecule has 1 N–H and O–H groups in total. The van der Waals surface area contributed by atoms with Gasteiger partial charge in [0.1, 0.15) is 5.76 Å². The smallest absolute Gasteiger partial charge is 0.287 e. The van der Waals surface area contributed by atoms with Crippen molar-refractivity contribution in [2.45, 2.75) is 46.1 Å². The van der Waals surface area contributed by atoms with E-state index in [-0.39, 0.29) is 29.4 Å². The van der Waals surface area contributed by atoms with Crippen LogP contribution in [0.2, 0.25) is 0 Å². The molecule has 3 rings (SSSR count). The molecule has 4 nitrogen and oxygen atoms in total. The largest absolute Gasteiger partial charge is 0.455 e. The number of rotatable bonds is 4. The minimum atomic E-state index is -0.239. The van der Waals surface area contributed by atoms with Crippen molar-refractivity contribution in [3.63, 3.8) is 0 Å². The van der Waals surface area contributed by atoms with Crippen LogP contribution in [0.5, 0.6) is 0 Å². The maximum absolute atomic E-state index is 12.7. The van der Waals surface area contributed by atoms with Crippen molar-refractivity contribution in [1.82, 2.24) is 5.32 Å². The van der Waals surface area contributed by atoms with E-state index >= 15 is 0 Å². The Labute approximate surface area is 139 Å². The third-order valence-electron chi connectivity index (χ3n) is 4.32. The molecule has 0 fully saturated rings. The fourth-order valence-electron chi connectivity index (χ4n) is 3.11. The van der Waals surface area contributed by atoms with Crippen LogP contribution in [0.25, 0.3) is 0 Å². The molecule has 0 saturated heterocycles. The number of hydrogen-bond donors (Lipinski definition) is 1. The minimum absolute atomic E-state index is 0.0558. The number of fused-ring (bicyclic) bond motifs is 1. The maximum Gasteiger partial charge on any atom is 0.287 e. The standard InChI is InChI=1S/C18H21NO3S/c1-10(2)16(14-8-5-9-23-14)19-18(21)17-11(3)15-12(20)6-4-7-13(15)22-17/h5,8-10,16H,4,6-7H2,1-3H3,(H,19,21)/t16-/m0/s1. The first-order chi connectivity index (χ1) is 11.0. The van der Waals surface area contributed by atoms with Crippen molar-refractivity contribution in [2.24, 2.45) is 5.92 Å². The van der Waals surface area contributed by atoms with E-state index in [2.05, 4.69) is 19.2 Å². The van der Waals surface area contributed by atoms with Gasteiger partial charge in [-0.05, 0) is 30.7 Å². The summed E-state index contributed by atoms with van der Waals surface area (Å²) in [5, 5.41) is 5.07. The zero-order valence-corrected chi connectivity index (χ0v) is 14.5. The molecule has 2 aromatic heterocycles. The number of thiophene rings is 1. The van der Waals surface area contributed by atoms with Gasteiger partial charge in [0.05, 0.1) is 11.6 Å². The Morgan fingerprint density at radius 3 is 2.74 bits per heavy atom. The Bertz CT molecular complexity index is 728. The molecule has 0 spiro atoms. The molecule has 1 aliphatic carbocycles. The second kappa shape index (κ2) is 6.32. The first-order valence-electron chi connectivity index (χ1n) is 7.98. The number of aryl methyl sites for hydroxylation is 1. The summed E-state index contributed by atoms with van der Waals surface area (Å²) >= 11 is 1.63. The average Bonchev–Trinajstić information content (AvgIpc) is 3.13. The molecule has 0 saturated carbocycles. The van der Waals surface area contributed by atoms with Crippen molar-refractivity contribution in [3.05, 3.63) is 45.0 Å². The molecular weight excluding hydrogens is 310 g/mol. The molecule has 23 heavy (non-hydrogen) atoms. The van der Waals surface area contributed by atoms with Crippen LogP contribution in [0, 0.1) is 12.8 Å². The fraction of sp³-hybridized carbons (Fsp3) is 0.444. The van der Waals surface area contributed by atoms with Gasteiger partial charge < -0.3 is 9.73 Å². The van der Waals surface area contributed by atoms with Crippen LogP contribution in [-0.4, -0.2) is 11.7 Å². The number of nitrogens with one attached hydrogen (secondary N) is 1. The van der Waals surface area contributed by atoms with Crippen LogP contribution in [0.4, 0.5) is 0 Å². The first-order valence-corrected chi connectivity index (χ1v) is 8.86. The number of Topliss-reactive ketones (excluding diaryl/α,β-unsaturated/α-hetero) is 1. The van der Waals surface area contributed by atoms with Gasteiger partial charge in [-0.3, -0.25) is 9.59 Å². The summed E-state index contributed by atoms with van der Waals surface area (Å²) in [7, 11) is 0. The van der Waals surface area contributed by atoms with Gasteiger partial charge in [0, 0.05) is 23.3 Å². The molecular formula is C18H21NO3S. The van der Waals surface area contributed by atoms with E-state index < -0.39 is 0 Å². The summed E-state index contributed by atoms with van der Waals surface area (Å²) in [6, 6.07) is 3.95. The SMILES string of the molecule is Cc1c(C(=O)N[C@H](c2cccs2)C(C)C)oc2c1C(=O)CCC2. The molecule has 5 heteroatoms. The lowest BCUT2D eigenvalue weighted by Crippen LogP contribution is -2.31.